The Bertz CT molecular complexity index is 1980. The molecule has 2 fully saturated rings. The van der Waals surface area contributed by atoms with Gasteiger partial charge < -0.3 is 20.6 Å². The third-order valence-corrected chi connectivity index (χ3v) is 15.1. The first-order valence-corrected chi connectivity index (χ1v) is 21.2. The van der Waals surface area contributed by atoms with Crippen LogP contribution in [-0.4, -0.2) is 62.7 Å². The van der Waals surface area contributed by atoms with Crippen molar-refractivity contribution in [2.24, 2.45) is 0 Å². The Balaban J connectivity index is 1.28. The van der Waals surface area contributed by atoms with Crippen molar-refractivity contribution in [1.29, 1.82) is 0 Å². The number of anilines is 2. The predicted molar refractivity (Wildman–Crippen MR) is 197 cm³/mol. The van der Waals surface area contributed by atoms with Gasteiger partial charge in [0, 0.05) is 61.0 Å². The maximum absolute atomic E-state index is 14.2. The van der Waals surface area contributed by atoms with E-state index in [0.29, 0.717) is 23.2 Å². The van der Waals surface area contributed by atoms with Crippen molar-refractivity contribution in [3.63, 3.8) is 0 Å². The van der Waals surface area contributed by atoms with Crippen LogP contribution in [0.3, 0.4) is 0 Å². The van der Waals surface area contributed by atoms with Gasteiger partial charge in [-0.05, 0) is 99.8 Å². The molecule has 1 N–H and O–H groups in total. The van der Waals surface area contributed by atoms with E-state index in [-0.39, 0.29) is 17.4 Å². The van der Waals surface area contributed by atoms with E-state index in [1.165, 1.54) is 40.2 Å². The van der Waals surface area contributed by atoms with Crippen LogP contribution < -0.4 is 25.5 Å². The molecule has 7 nitrogen and oxygen atoms in total. The van der Waals surface area contributed by atoms with Gasteiger partial charge in [0.2, 0.25) is 0 Å². The average Bonchev–Trinajstić information content (AvgIpc) is 3.29. The van der Waals surface area contributed by atoms with Gasteiger partial charge in [0.15, 0.2) is 5.41 Å². The van der Waals surface area contributed by atoms with Gasteiger partial charge in [0.05, 0.1) is 0 Å². The minimum absolute atomic E-state index is 0.0980. The van der Waals surface area contributed by atoms with Crippen LogP contribution in [-0.2, 0) is 17.7 Å². The van der Waals surface area contributed by atoms with E-state index in [1.54, 1.807) is 23.9 Å². The third kappa shape index (κ3) is 4.55. The van der Waals surface area contributed by atoms with E-state index < -0.39 is 13.5 Å². The lowest BCUT2D eigenvalue weighted by Crippen LogP contribution is -2.65. The summed E-state index contributed by atoms with van der Waals surface area (Å²) in [4.78, 5) is 36.5. The van der Waals surface area contributed by atoms with Crippen LogP contribution in [0.15, 0.2) is 78.9 Å². The first kappa shape index (κ1) is 30.9. The van der Waals surface area contributed by atoms with Gasteiger partial charge >= 0.3 is 5.71 Å². The fourth-order valence-electron chi connectivity index (χ4n) is 8.07. The van der Waals surface area contributed by atoms with Crippen LogP contribution in [0.25, 0.3) is 5.53 Å². The van der Waals surface area contributed by atoms with E-state index in [2.05, 4.69) is 99.9 Å². The summed E-state index contributed by atoms with van der Waals surface area (Å²) in [6.45, 7) is 9.32. The number of ketones is 1. The lowest BCUT2D eigenvalue weighted by molar-refractivity contribution is -0.0115. The van der Waals surface area contributed by atoms with Crippen LogP contribution in [0.5, 0.6) is 0 Å². The lowest BCUT2D eigenvalue weighted by Gasteiger charge is -2.44. The Morgan fingerprint density at radius 3 is 1.94 bits per heavy atom. The highest BCUT2D eigenvalue weighted by molar-refractivity contribution is 7.97. The predicted octanol–water partition coefficient (Wildman–Crippen LogP) is 5.24. The highest BCUT2D eigenvalue weighted by Gasteiger charge is 2.63. The first-order chi connectivity index (χ1) is 23.3. The molecule has 0 bridgehead atoms. The van der Waals surface area contributed by atoms with Crippen LogP contribution in [0.1, 0.15) is 61.4 Å². The fourth-order valence-corrected chi connectivity index (χ4v) is 11.8. The average molecular weight is 670 g/mol. The third-order valence-electron chi connectivity index (χ3n) is 11.0. The van der Waals surface area contributed by atoms with E-state index in [9.17, 15) is 15.1 Å². The molecule has 0 saturated carbocycles. The van der Waals surface area contributed by atoms with Gasteiger partial charge in [-0.3, -0.25) is 9.59 Å². The number of amides is 1. The SMILES string of the molecule is CSCc1ccc(CNC(=O)c2ccc3c(c2)C2(C(=[N+]=[N-])C3=O)c3ccc(N4CCC4)cc3[Si](C)(C)c3cc(N4CCC4)ccc32)cc1. The summed E-state index contributed by atoms with van der Waals surface area (Å²) in [5.41, 5.74) is 17.9. The molecule has 1 spiro atoms. The summed E-state index contributed by atoms with van der Waals surface area (Å²) >= 11 is 1.78. The molecule has 4 aromatic rings. The van der Waals surface area contributed by atoms with Gasteiger partial charge in [-0.15, -0.1) is 0 Å². The number of benzene rings is 4. The molecule has 0 aromatic heterocycles. The largest absolute Gasteiger partial charge is 0.371 e. The number of rotatable bonds is 7. The fraction of sp³-hybridized carbons (Fsp3) is 0.308. The molecule has 0 radical (unpaired) electrons. The molecule has 1 amide bonds. The summed E-state index contributed by atoms with van der Waals surface area (Å²) in [5.74, 6) is 0.434. The zero-order valence-corrected chi connectivity index (χ0v) is 29.5. The summed E-state index contributed by atoms with van der Waals surface area (Å²) in [5, 5.41) is 5.57. The Morgan fingerprint density at radius 1 is 0.833 bits per heavy atom. The van der Waals surface area contributed by atoms with Crippen molar-refractivity contribution in [1.82, 2.24) is 5.32 Å². The minimum Gasteiger partial charge on any atom is -0.371 e. The van der Waals surface area contributed by atoms with Crippen LogP contribution >= 0.6 is 11.8 Å². The number of hydrogen-bond donors (Lipinski definition) is 1. The first-order valence-electron chi connectivity index (χ1n) is 16.8. The molecular formula is C39H39N5O2SSi. The zero-order chi connectivity index (χ0) is 33.2. The van der Waals surface area contributed by atoms with E-state index in [4.69, 9.17) is 0 Å². The Kier molecular flexibility index (Phi) is 7.47. The van der Waals surface area contributed by atoms with Crippen molar-refractivity contribution in [2.45, 2.75) is 43.6 Å². The van der Waals surface area contributed by atoms with Gasteiger partial charge in [-0.1, -0.05) is 49.5 Å². The second-order valence-electron chi connectivity index (χ2n) is 14.0. The quantitative estimate of drug-likeness (QED) is 0.165. The zero-order valence-electron chi connectivity index (χ0n) is 27.7. The summed E-state index contributed by atoms with van der Waals surface area (Å²) in [6, 6.07) is 26.9. The molecule has 9 heteroatoms. The van der Waals surface area contributed by atoms with Crippen molar-refractivity contribution in [3.05, 3.63) is 123 Å². The van der Waals surface area contributed by atoms with E-state index in [0.717, 1.165) is 48.6 Å². The van der Waals surface area contributed by atoms with Crippen molar-refractivity contribution < 1.29 is 14.4 Å². The molecule has 242 valence electrons. The minimum atomic E-state index is -2.32. The normalized spacial score (nSPS) is 18.0. The van der Waals surface area contributed by atoms with Crippen LogP contribution in [0, 0.1) is 0 Å². The number of nitrogens with one attached hydrogen (secondary N) is 1. The number of fused-ring (bicyclic) bond motifs is 6. The molecular weight excluding hydrogens is 631 g/mol. The van der Waals surface area contributed by atoms with Gasteiger partial charge in [0.1, 0.15) is 8.07 Å². The molecule has 3 aliphatic heterocycles. The number of Topliss-reactive ketones (excluding diaryl/α,β-unsaturated/α-hetero) is 1. The molecule has 1 aliphatic carbocycles. The van der Waals surface area contributed by atoms with E-state index >= 15 is 0 Å². The molecule has 3 heterocycles. The number of carbonyl (C=O) groups excluding carboxylic acids is 2. The highest BCUT2D eigenvalue weighted by atomic mass is 32.2. The van der Waals surface area contributed by atoms with Crippen LogP contribution in [0.2, 0.25) is 13.1 Å². The highest BCUT2D eigenvalue weighted by Crippen LogP contribution is 2.49. The molecule has 2 saturated heterocycles. The number of nitrogens with zero attached hydrogens (tertiary/aromatic N) is 4. The lowest BCUT2D eigenvalue weighted by atomic mass is 9.68. The maximum atomic E-state index is 14.2. The van der Waals surface area contributed by atoms with Crippen LogP contribution in [0.4, 0.5) is 11.4 Å². The molecule has 8 rings (SSSR count). The Hall–Kier alpha value is -4.43. The van der Waals surface area contributed by atoms with Gasteiger partial charge in [-0.2, -0.15) is 16.6 Å². The van der Waals surface area contributed by atoms with Crippen molar-refractivity contribution in [2.75, 3.05) is 42.2 Å². The Morgan fingerprint density at radius 2 is 1.42 bits per heavy atom. The number of carbonyl (C=O) groups is 2. The number of thioether (sulfide) groups is 1. The van der Waals surface area contributed by atoms with Crippen molar-refractivity contribution >= 4 is 59.0 Å². The molecule has 4 aliphatic rings. The molecule has 4 aromatic carbocycles. The summed E-state index contributed by atoms with van der Waals surface area (Å²) in [7, 11) is -2.32. The standard InChI is InChI=1S/C39H39N5O2SSi/c1-47-24-26-8-6-25(7-9-26)23-41-38(46)27-10-13-30-33(20-27)39(37(42-40)36(30)45)31-14-11-28(43-16-4-17-43)21-34(31)48(2,3)35-22-29(12-15-32(35)39)44-18-5-19-44/h6-15,20-22H,4-5,16-19,23-24H2,1-3H3,(H,41,46). The topological polar surface area (TPSA) is 89.0 Å². The van der Waals surface area contributed by atoms with Gasteiger partial charge in [-0.25, -0.2) is 0 Å². The second-order valence-corrected chi connectivity index (χ2v) is 19.2. The van der Waals surface area contributed by atoms with Gasteiger partial charge in [0.25, 0.3) is 11.7 Å². The second kappa shape index (κ2) is 11.6. The molecule has 0 unspecified atom stereocenters. The van der Waals surface area contributed by atoms with E-state index in [1.807, 2.05) is 6.07 Å². The Labute approximate surface area is 287 Å². The molecule has 48 heavy (non-hydrogen) atoms. The van der Waals surface area contributed by atoms with Crippen molar-refractivity contribution in [3.8, 4) is 0 Å². The maximum Gasteiger partial charge on any atom is 0.358 e. The summed E-state index contributed by atoms with van der Waals surface area (Å²) < 4.78 is 0. The molecule has 0 atom stereocenters. The number of hydrogen-bond acceptors (Lipinski definition) is 5. The monoisotopic (exact) mass is 669 g/mol. The summed E-state index contributed by atoms with van der Waals surface area (Å²) in [6.07, 6.45) is 4.45. The smallest absolute Gasteiger partial charge is 0.358 e.